The van der Waals surface area contributed by atoms with Gasteiger partial charge in [0.25, 0.3) is 5.56 Å². The standard InChI is InChI=1S/C28H25N3O4S/c1-4-35-27(33)23-24(18-11-6-5-7-12-18)29-28-31(25(23)20-14-8-9-15-21(20)34-3)26(32)22(36-28)17-19-13-10-16-30(19)2/h5-17,25H,4H2,1-3H3. The van der Waals surface area contributed by atoms with E-state index in [1.165, 1.54) is 11.3 Å². The van der Waals surface area contributed by atoms with Crippen molar-refractivity contribution in [3.8, 4) is 5.75 Å². The van der Waals surface area contributed by atoms with Crippen LogP contribution >= 0.6 is 11.3 Å². The molecule has 0 saturated carbocycles. The lowest BCUT2D eigenvalue weighted by Crippen LogP contribution is -2.40. The van der Waals surface area contributed by atoms with Crippen LogP contribution in [0.5, 0.6) is 5.75 Å². The quantitative estimate of drug-likeness (QED) is 0.382. The van der Waals surface area contributed by atoms with Gasteiger partial charge in [0.1, 0.15) is 11.8 Å². The molecule has 182 valence electrons. The Balaban J connectivity index is 1.88. The fraction of sp³-hybridized carbons (Fsp3) is 0.179. The molecule has 5 rings (SSSR count). The van der Waals surface area contributed by atoms with Crippen LogP contribution in [0.1, 0.15) is 29.8 Å². The second kappa shape index (κ2) is 9.83. The number of thiazole rings is 1. The molecule has 1 aliphatic rings. The van der Waals surface area contributed by atoms with Crippen molar-refractivity contribution in [1.82, 2.24) is 9.13 Å². The smallest absolute Gasteiger partial charge is 0.338 e. The molecule has 1 aliphatic heterocycles. The van der Waals surface area contributed by atoms with Crippen LogP contribution in [0.25, 0.3) is 11.8 Å². The molecule has 0 spiro atoms. The first kappa shape index (κ1) is 23.6. The third-order valence-corrected chi connectivity index (χ3v) is 7.05. The summed E-state index contributed by atoms with van der Waals surface area (Å²) in [5.74, 6) is 0.0448. The van der Waals surface area contributed by atoms with Gasteiger partial charge in [0.05, 0.1) is 29.5 Å². The van der Waals surface area contributed by atoms with Crippen LogP contribution in [0, 0.1) is 0 Å². The average molecular weight is 500 g/mol. The van der Waals surface area contributed by atoms with E-state index in [-0.39, 0.29) is 12.2 Å². The number of aromatic nitrogens is 2. The molecule has 0 saturated heterocycles. The van der Waals surface area contributed by atoms with E-state index in [2.05, 4.69) is 0 Å². The summed E-state index contributed by atoms with van der Waals surface area (Å²) in [5, 5.41) is 0. The van der Waals surface area contributed by atoms with Crippen LogP contribution in [0.4, 0.5) is 0 Å². The minimum absolute atomic E-state index is 0.195. The molecule has 4 aromatic rings. The molecular weight excluding hydrogens is 474 g/mol. The van der Waals surface area contributed by atoms with E-state index < -0.39 is 12.0 Å². The summed E-state index contributed by atoms with van der Waals surface area (Å²) >= 11 is 1.29. The number of nitrogens with zero attached hydrogens (tertiary/aromatic N) is 3. The van der Waals surface area contributed by atoms with E-state index in [4.69, 9.17) is 14.5 Å². The minimum atomic E-state index is -0.776. The molecule has 2 aromatic carbocycles. The fourth-order valence-corrected chi connectivity index (χ4v) is 5.37. The largest absolute Gasteiger partial charge is 0.496 e. The maximum Gasteiger partial charge on any atom is 0.338 e. The zero-order chi connectivity index (χ0) is 25.2. The third kappa shape index (κ3) is 4.09. The molecule has 0 fully saturated rings. The van der Waals surface area contributed by atoms with Gasteiger partial charge in [-0.15, -0.1) is 0 Å². The van der Waals surface area contributed by atoms with Gasteiger partial charge in [0.15, 0.2) is 4.80 Å². The number of ether oxygens (including phenoxy) is 2. The lowest BCUT2D eigenvalue weighted by molar-refractivity contribution is -0.138. The van der Waals surface area contributed by atoms with Crippen LogP contribution in [0.15, 0.2) is 88.3 Å². The van der Waals surface area contributed by atoms with Crippen molar-refractivity contribution in [2.24, 2.45) is 12.0 Å². The number of esters is 1. The fourth-order valence-electron chi connectivity index (χ4n) is 4.39. The number of para-hydroxylation sites is 1. The van der Waals surface area contributed by atoms with Gasteiger partial charge in [-0.25, -0.2) is 9.79 Å². The number of carbonyl (C=O) groups excluding carboxylic acids is 1. The monoisotopic (exact) mass is 499 g/mol. The molecule has 8 heteroatoms. The van der Waals surface area contributed by atoms with Gasteiger partial charge in [0.2, 0.25) is 0 Å². The van der Waals surface area contributed by atoms with Crippen LogP contribution in [0.2, 0.25) is 0 Å². The lowest BCUT2D eigenvalue weighted by atomic mass is 9.92. The van der Waals surface area contributed by atoms with E-state index in [9.17, 15) is 9.59 Å². The molecule has 0 aliphatic carbocycles. The van der Waals surface area contributed by atoms with E-state index in [1.54, 1.807) is 18.6 Å². The number of rotatable bonds is 6. The number of fused-ring (bicyclic) bond motifs is 1. The van der Waals surface area contributed by atoms with Crippen molar-refractivity contribution in [1.29, 1.82) is 0 Å². The van der Waals surface area contributed by atoms with Gasteiger partial charge in [-0.2, -0.15) is 0 Å². The zero-order valence-corrected chi connectivity index (χ0v) is 21.0. The van der Waals surface area contributed by atoms with Gasteiger partial charge >= 0.3 is 5.97 Å². The van der Waals surface area contributed by atoms with E-state index in [0.29, 0.717) is 31.9 Å². The summed E-state index contributed by atoms with van der Waals surface area (Å²) in [4.78, 5) is 32.7. The second-order valence-electron chi connectivity index (χ2n) is 8.22. The highest BCUT2D eigenvalue weighted by Gasteiger charge is 2.36. The van der Waals surface area contributed by atoms with Crippen molar-refractivity contribution >= 4 is 29.1 Å². The highest BCUT2D eigenvalue weighted by Crippen LogP contribution is 2.38. The highest BCUT2D eigenvalue weighted by atomic mass is 32.1. The Morgan fingerprint density at radius 1 is 1.08 bits per heavy atom. The van der Waals surface area contributed by atoms with Gasteiger partial charge in [-0.05, 0) is 31.2 Å². The molecule has 0 amide bonds. The Morgan fingerprint density at radius 2 is 1.83 bits per heavy atom. The molecule has 2 aromatic heterocycles. The molecule has 1 unspecified atom stereocenters. The summed E-state index contributed by atoms with van der Waals surface area (Å²) in [6.07, 6.45) is 3.77. The first-order valence-electron chi connectivity index (χ1n) is 11.6. The number of carbonyl (C=O) groups is 1. The molecule has 7 nitrogen and oxygen atoms in total. The Bertz CT molecular complexity index is 1640. The average Bonchev–Trinajstić information content (AvgIpc) is 3.45. The van der Waals surface area contributed by atoms with Crippen molar-refractivity contribution in [3.05, 3.63) is 115 Å². The summed E-state index contributed by atoms with van der Waals surface area (Å²) in [5.41, 5.74) is 2.88. The summed E-state index contributed by atoms with van der Waals surface area (Å²) in [7, 11) is 3.50. The van der Waals surface area contributed by atoms with Crippen LogP contribution in [-0.2, 0) is 16.6 Å². The van der Waals surface area contributed by atoms with Gasteiger partial charge in [-0.3, -0.25) is 9.36 Å². The Labute approximate surface area is 211 Å². The molecule has 1 atom stereocenters. The van der Waals surface area contributed by atoms with E-state index >= 15 is 0 Å². The normalized spacial score (nSPS) is 15.4. The molecular formula is C28H25N3O4S. The molecule has 0 N–H and O–H groups in total. The van der Waals surface area contributed by atoms with Crippen molar-refractivity contribution in [3.63, 3.8) is 0 Å². The minimum Gasteiger partial charge on any atom is -0.496 e. The van der Waals surface area contributed by atoms with Crippen molar-refractivity contribution in [2.75, 3.05) is 13.7 Å². The number of methoxy groups -OCH3 is 1. The third-order valence-electron chi connectivity index (χ3n) is 6.07. The van der Waals surface area contributed by atoms with E-state index in [0.717, 1.165) is 11.3 Å². The first-order valence-corrected chi connectivity index (χ1v) is 12.4. The Hall–Kier alpha value is -4.17. The molecule has 36 heavy (non-hydrogen) atoms. The number of hydrogen-bond donors (Lipinski definition) is 0. The van der Waals surface area contributed by atoms with Gasteiger partial charge < -0.3 is 14.0 Å². The van der Waals surface area contributed by atoms with Crippen LogP contribution in [-0.4, -0.2) is 28.8 Å². The molecule has 3 heterocycles. The summed E-state index contributed by atoms with van der Waals surface area (Å²) in [6.45, 7) is 1.95. The first-order chi connectivity index (χ1) is 17.5. The van der Waals surface area contributed by atoms with Crippen LogP contribution < -0.4 is 19.6 Å². The zero-order valence-electron chi connectivity index (χ0n) is 20.2. The van der Waals surface area contributed by atoms with Gasteiger partial charge in [-0.1, -0.05) is 59.9 Å². The number of aryl methyl sites for hydroxylation is 1. The predicted molar refractivity (Wildman–Crippen MR) is 139 cm³/mol. The van der Waals surface area contributed by atoms with E-state index in [1.807, 2.05) is 90.6 Å². The number of benzene rings is 2. The molecule has 0 radical (unpaired) electrons. The second-order valence-corrected chi connectivity index (χ2v) is 9.23. The Morgan fingerprint density at radius 3 is 2.53 bits per heavy atom. The van der Waals surface area contributed by atoms with Crippen LogP contribution in [0.3, 0.4) is 0 Å². The van der Waals surface area contributed by atoms with Crippen molar-refractivity contribution < 1.29 is 14.3 Å². The maximum atomic E-state index is 13.9. The topological polar surface area (TPSA) is 74.8 Å². The summed E-state index contributed by atoms with van der Waals surface area (Å²) < 4.78 is 15.2. The predicted octanol–water partition coefficient (Wildman–Crippen LogP) is 3.28. The summed E-state index contributed by atoms with van der Waals surface area (Å²) in [6, 6.07) is 20.0. The molecule has 0 bridgehead atoms. The Kier molecular flexibility index (Phi) is 6.43. The lowest BCUT2D eigenvalue weighted by Gasteiger charge is -2.27. The maximum absolute atomic E-state index is 13.9. The van der Waals surface area contributed by atoms with Crippen molar-refractivity contribution in [2.45, 2.75) is 13.0 Å². The SMILES string of the molecule is CCOC(=O)C1=C(c2ccccc2)N=c2sc(=Cc3cccn3C)c(=O)n2C1c1ccccc1OC. The number of hydrogen-bond acceptors (Lipinski definition) is 6. The van der Waals surface area contributed by atoms with Gasteiger partial charge in [0, 0.05) is 30.1 Å². The highest BCUT2D eigenvalue weighted by molar-refractivity contribution is 7.07.